The lowest BCUT2D eigenvalue weighted by atomic mass is 10.1. The van der Waals surface area contributed by atoms with Crippen LogP contribution in [0.25, 0.3) is 0 Å². The van der Waals surface area contributed by atoms with Crippen molar-refractivity contribution in [2.75, 3.05) is 13.2 Å². The fourth-order valence-corrected chi connectivity index (χ4v) is 2.35. The zero-order valence-corrected chi connectivity index (χ0v) is 12.5. The number of nitrogens with one attached hydrogen (secondary N) is 1. The molecule has 0 aromatic heterocycles. The topological polar surface area (TPSA) is 21.3 Å². The molecule has 1 saturated carbocycles. The molecular weight excluding hydrogens is 258 g/mol. The molecule has 0 spiro atoms. The Kier molecular flexibility index (Phi) is 5.99. The fourth-order valence-electron chi connectivity index (χ4n) is 2.10. The van der Waals surface area contributed by atoms with Crippen molar-refractivity contribution in [2.24, 2.45) is 0 Å². The van der Waals surface area contributed by atoms with Crippen LogP contribution in [0.1, 0.15) is 44.6 Å². The standard InChI is InChI=1S/C16H24ClNO/c1-2-13-12-15(8-9-16(13)17)19-11-5-3-4-10-18-14-6-7-14/h8-9,12,14,18H,2-7,10-11H2,1H3. The minimum absolute atomic E-state index is 0.800. The average molecular weight is 282 g/mol. The molecule has 1 aromatic carbocycles. The van der Waals surface area contributed by atoms with Crippen molar-refractivity contribution in [3.8, 4) is 5.75 Å². The Morgan fingerprint density at radius 1 is 1.26 bits per heavy atom. The zero-order chi connectivity index (χ0) is 13.5. The lowest BCUT2D eigenvalue weighted by Crippen LogP contribution is -2.17. The van der Waals surface area contributed by atoms with Crippen LogP contribution in [-0.4, -0.2) is 19.2 Å². The molecule has 0 aliphatic heterocycles. The maximum atomic E-state index is 6.08. The van der Waals surface area contributed by atoms with Crippen LogP contribution in [0, 0.1) is 0 Å². The van der Waals surface area contributed by atoms with E-state index >= 15 is 0 Å². The van der Waals surface area contributed by atoms with Crippen LogP contribution in [0.3, 0.4) is 0 Å². The van der Waals surface area contributed by atoms with E-state index in [-0.39, 0.29) is 0 Å². The summed E-state index contributed by atoms with van der Waals surface area (Å²) >= 11 is 6.08. The Morgan fingerprint density at radius 3 is 2.84 bits per heavy atom. The fraction of sp³-hybridized carbons (Fsp3) is 0.625. The highest BCUT2D eigenvalue weighted by Crippen LogP contribution is 2.22. The molecule has 1 fully saturated rings. The summed E-state index contributed by atoms with van der Waals surface area (Å²) in [5, 5.41) is 4.37. The van der Waals surface area contributed by atoms with Crippen molar-refractivity contribution >= 4 is 11.6 Å². The van der Waals surface area contributed by atoms with E-state index < -0.39 is 0 Å². The Bertz CT molecular complexity index is 390. The van der Waals surface area contributed by atoms with E-state index in [0.29, 0.717) is 0 Å². The Morgan fingerprint density at radius 2 is 2.11 bits per heavy atom. The van der Waals surface area contributed by atoms with E-state index in [1.54, 1.807) is 0 Å². The van der Waals surface area contributed by atoms with Gasteiger partial charge in [-0.3, -0.25) is 0 Å². The van der Waals surface area contributed by atoms with Crippen molar-refractivity contribution in [1.29, 1.82) is 0 Å². The molecular formula is C16H24ClNO. The van der Waals surface area contributed by atoms with Gasteiger partial charge in [0, 0.05) is 11.1 Å². The number of hydrogen-bond acceptors (Lipinski definition) is 2. The third-order valence-electron chi connectivity index (χ3n) is 3.50. The third-order valence-corrected chi connectivity index (χ3v) is 3.87. The second-order valence-corrected chi connectivity index (χ2v) is 5.65. The van der Waals surface area contributed by atoms with E-state index in [1.165, 1.54) is 25.7 Å². The Labute approximate surface area is 121 Å². The van der Waals surface area contributed by atoms with Gasteiger partial charge in [0.25, 0.3) is 0 Å². The summed E-state index contributed by atoms with van der Waals surface area (Å²) in [5.41, 5.74) is 1.16. The van der Waals surface area contributed by atoms with Crippen LogP contribution in [-0.2, 0) is 6.42 Å². The minimum atomic E-state index is 0.800. The van der Waals surface area contributed by atoms with Gasteiger partial charge >= 0.3 is 0 Å². The lowest BCUT2D eigenvalue weighted by molar-refractivity contribution is 0.304. The Hall–Kier alpha value is -0.730. The first-order valence-electron chi connectivity index (χ1n) is 7.44. The van der Waals surface area contributed by atoms with Gasteiger partial charge in [-0.05, 0) is 68.8 Å². The molecule has 2 nitrogen and oxygen atoms in total. The summed E-state index contributed by atoms with van der Waals surface area (Å²) in [6, 6.07) is 6.76. The zero-order valence-electron chi connectivity index (χ0n) is 11.8. The van der Waals surface area contributed by atoms with Gasteiger partial charge in [0.05, 0.1) is 6.61 Å². The molecule has 0 amide bonds. The van der Waals surface area contributed by atoms with Crippen LogP contribution >= 0.6 is 11.6 Å². The van der Waals surface area contributed by atoms with Crippen molar-refractivity contribution < 1.29 is 4.74 Å². The van der Waals surface area contributed by atoms with Crippen LogP contribution in [0.15, 0.2) is 18.2 Å². The molecule has 0 heterocycles. The normalized spacial score (nSPS) is 14.6. The van der Waals surface area contributed by atoms with Gasteiger partial charge in [0.15, 0.2) is 0 Å². The van der Waals surface area contributed by atoms with Crippen molar-refractivity contribution in [2.45, 2.75) is 51.5 Å². The molecule has 1 aliphatic carbocycles. The van der Waals surface area contributed by atoms with Gasteiger partial charge in [0.2, 0.25) is 0 Å². The van der Waals surface area contributed by atoms with Crippen molar-refractivity contribution in [1.82, 2.24) is 5.32 Å². The summed E-state index contributed by atoms with van der Waals surface area (Å²) in [6.45, 7) is 4.07. The monoisotopic (exact) mass is 281 g/mol. The predicted octanol–water partition coefficient (Wildman–Crippen LogP) is 4.20. The van der Waals surface area contributed by atoms with Crippen LogP contribution < -0.4 is 10.1 Å². The van der Waals surface area contributed by atoms with E-state index in [0.717, 1.165) is 48.4 Å². The summed E-state index contributed by atoms with van der Waals surface area (Å²) in [7, 11) is 0. The third kappa shape index (κ3) is 5.42. The summed E-state index contributed by atoms with van der Waals surface area (Å²) in [5.74, 6) is 0.942. The second-order valence-electron chi connectivity index (χ2n) is 5.24. The van der Waals surface area contributed by atoms with E-state index in [2.05, 4.69) is 18.3 Å². The number of halogens is 1. The largest absolute Gasteiger partial charge is 0.494 e. The Balaban J connectivity index is 1.56. The van der Waals surface area contributed by atoms with E-state index in [4.69, 9.17) is 16.3 Å². The molecule has 1 N–H and O–H groups in total. The van der Waals surface area contributed by atoms with E-state index in [1.807, 2.05) is 12.1 Å². The van der Waals surface area contributed by atoms with Crippen LogP contribution in [0.5, 0.6) is 5.75 Å². The van der Waals surface area contributed by atoms with Crippen molar-refractivity contribution in [3.05, 3.63) is 28.8 Å². The molecule has 0 atom stereocenters. The summed E-state index contributed by atoms with van der Waals surface area (Å²) < 4.78 is 5.76. The molecule has 0 saturated heterocycles. The number of rotatable bonds is 9. The highest BCUT2D eigenvalue weighted by atomic mass is 35.5. The molecule has 3 heteroatoms. The molecule has 0 unspecified atom stereocenters. The highest BCUT2D eigenvalue weighted by molar-refractivity contribution is 6.31. The van der Waals surface area contributed by atoms with Gasteiger partial charge in [-0.25, -0.2) is 0 Å². The van der Waals surface area contributed by atoms with Crippen LogP contribution in [0.4, 0.5) is 0 Å². The lowest BCUT2D eigenvalue weighted by Gasteiger charge is -2.09. The minimum Gasteiger partial charge on any atom is -0.494 e. The van der Waals surface area contributed by atoms with Crippen LogP contribution in [0.2, 0.25) is 5.02 Å². The summed E-state index contributed by atoms with van der Waals surface area (Å²) in [4.78, 5) is 0. The maximum absolute atomic E-state index is 6.08. The number of ether oxygens (including phenoxy) is 1. The predicted molar refractivity (Wildman–Crippen MR) is 81.2 cm³/mol. The van der Waals surface area contributed by atoms with E-state index in [9.17, 15) is 0 Å². The molecule has 19 heavy (non-hydrogen) atoms. The van der Waals surface area contributed by atoms with Crippen molar-refractivity contribution in [3.63, 3.8) is 0 Å². The quantitative estimate of drug-likeness (QED) is 0.685. The van der Waals surface area contributed by atoms with Gasteiger partial charge in [-0.2, -0.15) is 0 Å². The average Bonchev–Trinajstić information content (AvgIpc) is 3.23. The highest BCUT2D eigenvalue weighted by Gasteiger charge is 2.19. The first kappa shape index (κ1) is 14.7. The first-order chi connectivity index (χ1) is 9.29. The SMILES string of the molecule is CCc1cc(OCCCCCNC2CC2)ccc1Cl. The molecule has 0 bridgehead atoms. The maximum Gasteiger partial charge on any atom is 0.119 e. The number of aryl methyl sites for hydroxylation is 1. The smallest absolute Gasteiger partial charge is 0.119 e. The molecule has 106 valence electrons. The molecule has 1 aliphatic rings. The van der Waals surface area contributed by atoms with Gasteiger partial charge < -0.3 is 10.1 Å². The number of unbranched alkanes of at least 4 members (excludes halogenated alkanes) is 2. The first-order valence-corrected chi connectivity index (χ1v) is 7.82. The number of hydrogen-bond donors (Lipinski definition) is 1. The molecule has 1 aromatic rings. The van der Waals surface area contributed by atoms with Gasteiger partial charge in [-0.1, -0.05) is 18.5 Å². The summed E-state index contributed by atoms with van der Waals surface area (Å²) in [6.07, 6.45) is 7.30. The van der Waals surface area contributed by atoms with Gasteiger partial charge in [0.1, 0.15) is 5.75 Å². The molecule has 0 radical (unpaired) electrons. The second kappa shape index (κ2) is 7.76. The van der Waals surface area contributed by atoms with Gasteiger partial charge in [-0.15, -0.1) is 0 Å². The molecule has 2 rings (SSSR count). The number of benzene rings is 1.